The molecule has 2 N–H and O–H groups in total. The smallest absolute Gasteiger partial charge is 0.279 e. The summed E-state index contributed by atoms with van der Waals surface area (Å²) in [5.74, 6) is 1.93. The molecular formula is C18H26BrN2O+. The molecule has 22 heavy (non-hydrogen) atoms. The van der Waals surface area contributed by atoms with E-state index in [-0.39, 0.29) is 5.91 Å². The van der Waals surface area contributed by atoms with Crippen LogP contribution < -0.4 is 10.2 Å². The Morgan fingerprint density at radius 3 is 2.82 bits per heavy atom. The topological polar surface area (TPSA) is 33.5 Å². The van der Waals surface area contributed by atoms with Crippen LogP contribution in [-0.4, -0.2) is 25.5 Å². The summed E-state index contributed by atoms with van der Waals surface area (Å²) in [6, 6.07) is 6.04. The third-order valence-corrected chi connectivity index (χ3v) is 5.95. The molecule has 2 fully saturated rings. The first kappa shape index (κ1) is 16.0. The van der Waals surface area contributed by atoms with E-state index in [1.54, 1.807) is 0 Å². The van der Waals surface area contributed by atoms with E-state index < -0.39 is 0 Å². The Morgan fingerprint density at radius 1 is 1.27 bits per heavy atom. The van der Waals surface area contributed by atoms with Gasteiger partial charge in [0.25, 0.3) is 5.91 Å². The molecule has 3 rings (SSSR count). The monoisotopic (exact) mass is 365 g/mol. The van der Waals surface area contributed by atoms with Crippen molar-refractivity contribution >= 4 is 27.5 Å². The molecule has 4 heteroatoms. The number of anilines is 1. The van der Waals surface area contributed by atoms with Gasteiger partial charge in [-0.1, -0.05) is 18.9 Å². The Bertz CT molecular complexity index is 546. The van der Waals surface area contributed by atoms with Crippen LogP contribution in [0.4, 0.5) is 5.69 Å². The van der Waals surface area contributed by atoms with E-state index in [9.17, 15) is 4.79 Å². The van der Waals surface area contributed by atoms with Crippen LogP contribution >= 0.6 is 15.9 Å². The maximum absolute atomic E-state index is 12.3. The number of piperidine rings is 1. The van der Waals surface area contributed by atoms with E-state index in [0.717, 1.165) is 28.5 Å². The molecule has 1 saturated carbocycles. The van der Waals surface area contributed by atoms with Crippen molar-refractivity contribution in [1.29, 1.82) is 0 Å². The van der Waals surface area contributed by atoms with Gasteiger partial charge in [0.05, 0.1) is 18.8 Å². The minimum Gasteiger partial charge on any atom is -0.327 e. The van der Waals surface area contributed by atoms with Gasteiger partial charge in [0.1, 0.15) is 0 Å². The first-order valence-electron chi connectivity index (χ1n) is 8.51. The number of quaternary nitrogens is 1. The van der Waals surface area contributed by atoms with Crippen molar-refractivity contribution in [1.82, 2.24) is 0 Å². The number of likely N-dealkylation sites (tertiary alicyclic amines) is 1. The highest BCUT2D eigenvalue weighted by Crippen LogP contribution is 2.32. The van der Waals surface area contributed by atoms with Crippen LogP contribution in [0.5, 0.6) is 0 Å². The molecule has 1 aliphatic carbocycles. The minimum absolute atomic E-state index is 0.133. The second-order valence-electron chi connectivity index (χ2n) is 7.01. The normalized spacial score (nSPS) is 28.0. The van der Waals surface area contributed by atoms with E-state index in [2.05, 4.69) is 28.2 Å². The van der Waals surface area contributed by atoms with Crippen LogP contribution in [-0.2, 0) is 4.79 Å². The summed E-state index contributed by atoms with van der Waals surface area (Å²) in [6.07, 6.45) is 6.90. The lowest BCUT2D eigenvalue weighted by Gasteiger charge is -2.38. The molecule has 1 aromatic rings. The molecule has 2 aliphatic rings. The molecular weight excluding hydrogens is 340 g/mol. The Kier molecular flexibility index (Phi) is 5.19. The Labute approximate surface area is 141 Å². The third-order valence-electron chi connectivity index (χ3n) is 5.30. The first-order valence-corrected chi connectivity index (χ1v) is 9.30. The molecule has 0 spiro atoms. The number of hydrogen-bond donors (Lipinski definition) is 2. The van der Waals surface area contributed by atoms with E-state index in [1.165, 1.54) is 49.1 Å². The van der Waals surface area contributed by atoms with Gasteiger partial charge in [0.2, 0.25) is 0 Å². The number of rotatable bonds is 3. The average molecular weight is 366 g/mol. The summed E-state index contributed by atoms with van der Waals surface area (Å²) >= 11 is 3.52. The van der Waals surface area contributed by atoms with Crippen molar-refractivity contribution in [2.75, 3.05) is 25.0 Å². The van der Waals surface area contributed by atoms with Crippen molar-refractivity contribution in [3.63, 3.8) is 0 Å². The van der Waals surface area contributed by atoms with Gasteiger partial charge in [0, 0.05) is 10.4 Å². The van der Waals surface area contributed by atoms with E-state index >= 15 is 0 Å². The molecule has 3 atom stereocenters. The fraction of sp³-hybridized carbons (Fsp3) is 0.611. The molecule has 3 nitrogen and oxygen atoms in total. The van der Waals surface area contributed by atoms with Crippen LogP contribution in [0.3, 0.4) is 0 Å². The maximum atomic E-state index is 12.3. The van der Waals surface area contributed by atoms with Crippen LogP contribution in [0.1, 0.15) is 37.7 Å². The van der Waals surface area contributed by atoms with Crippen molar-refractivity contribution in [3.8, 4) is 0 Å². The van der Waals surface area contributed by atoms with Gasteiger partial charge in [0.15, 0.2) is 6.54 Å². The van der Waals surface area contributed by atoms with Gasteiger partial charge >= 0.3 is 0 Å². The number of carbonyl (C=O) groups is 1. The molecule has 120 valence electrons. The molecule has 1 aromatic carbocycles. The Hall–Kier alpha value is -0.870. The lowest BCUT2D eigenvalue weighted by atomic mass is 9.75. The van der Waals surface area contributed by atoms with Crippen LogP contribution in [0, 0.1) is 18.8 Å². The maximum Gasteiger partial charge on any atom is 0.279 e. The number of nitrogens with one attached hydrogen (secondary N) is 2. The zero-order valence-electron chi connectivity index (χ0n) is 13.3. The number of hydrogen-bond acceptors (Lipinski definition) is 1. The van der Waals surface area contributed by atoms with E-state index in [4.69, 9.17) is 0 Å². The highest BCUT2D eigenvalue weighted by atomic mass is 79.9. The van der Waals surface area contributed by atoms with Gasteiger partial charge in [-0.2, -0.15) is 0 Å². The number of benzene rings is 1. The van der Waals surface area contributed by atoms with E-state index in [1.807, 2.05) is 18.2 Å². The molecule has 1 heterocycles. The first-order chi connectivity index (χ1) is 10.6. The van der Waals surface area contributed by atoms with Gasteiger partial charge < -0.3 is 10.2 Å². The summed E-state index contributed by atoms with van der Waals surface area (Å²) in [4.78, 5) is 13.8. The standard InChI is InChI=1S/C18H25BrN2O/c1-13-6-7-17(16(19)10-13)20-18(22)12-21-9-8-14-4-2-3-5-15(14)11-21/h6-7,10,14-15H,2-5,8-9,11-12H2,1H3,(H,20,22)/p+1/t14-,15-/m1/s1. The largest absolute Gasteiger partial charge is 0.327 e. The molecule has 0 bridgehead atoms. The molecule has 1 saturated heterocycles. The molecule has 0 aromatic heterocycles. The highest BCUT2D eigenvalue weighted by Gasteiger charge is 2.34. The number of amides is 1. The quantitative estimate of drug-likeness (QED) is 0.848. The zero-order valence-corrected chi connectivity index (χ0v) is 14.9. The van der Waals surface area contributed by atoms with Gasteiger partial charge in [-0.15, -0.1) is 0 Å². The average Bonchev–Trinajstić information content (AvgIpc) is 2.50. The second-order valence-corrected chi connectivity index (χ2v) is 7.86. The number of halogens is 1. The van der Waals surface area contributed by atoms with Gasteiger partial charge in [-0.05, 0) is 65.7 Å². The Balaban J connectivity index is 1.53. The lowest BCUT2D eigenvalue weighted by molar-refractivity contribution is -0.902. The number of carbonyl (C=O) groups excluding carboxylic acids is 1. The van der Waals surface area contributed by atoms with Crippen LogP contribution in [0.15, 0.2) is 22.7 Å². The fourth-order valence-electron chi connectivity index (χ4n) is 4.10. The zero-order chi connectivity index (χ0) is 15.5. The van der Waals surface area contributed by atoms with Crippen molar-refractivity contribution < 1.29 is 9.69 Å². The molecule has 1 unspecified atom stereocenters. The van der Waals surface area contributed by atoms with Crippen molar-refractivity contribution in [2.24, 2.45) is 11.8 Å². The van der Waals surface area contributed by atoms with Crippen molar-refractivity contribution in [2.45, 2.75) is 39.0 Å². The summed E-state index contributed by atoms with van der Waals surface area (Å²) in [5, 5.41) is 3.05. The number of aryl methyl sites for hydroxylation is 1. The molecule has 1 amide bonds. The minimum atomic E-state index is 0.133. The summed E-state index contributed by atoms with van der Waals surface area (Å²) in [7, 11) is 0. The summed E-state index contributed by atoms with van der Waals surface area (Å²) in [6.45, 7) is 5.00. The van der Waals surface area contributed by atoms with E-state index in [0.29, 0.717) is 6.54 Å². The predicted octanol–water partition coefficient (Wildman–Crippen LogP) is 2.79. The second kappa shape index (κ2) is 7.14. The highest BCUT2D eigenvalue weighted by molar-refractivity contribution is 9.10. The lowest BCUT2D eigenvalue weighted by Crippen LogP contribution is -3.15. The number of fused-ring (bicyclic) bond motifs is 1. The van der Waals surface area contributed by atoms with Gasteiger partial charge in [-0.25, -0.2) is 0 Å². The summed E-state index contributed by atoms with van der Waals surface area (Å²) < 4.78 is 0.960. The Morgan fingerprint density at radius 2 is 2.05 bits per heavy atom. The summed E-state index contributed by atoms with van der Waals surface area (Å²) in [5.41, 5.74) is 2.07. The third kappa shape index (κ3) is 3.90. The SMILES string of the molecule is Cc1ccc(NC(=O)C[NH+]2CC[C@H]3CCCC[C@@H]3C2)c(Br)c1. The predicted molar refractivity (Wildman–Crippen MR) is 93.1 cm³/mol. The van der Waals surface area contributed by atoms with Crippen LogP contribution in [0.25, 0.3) is 0 Å². The van der Waals surface area contributed by atoms with Gasteiger partial charge in [-0.3, -0.25) is 4.79 Å². The molecule has 0 radical (unpaired) electrons. The fourth-order valence-corrected chi connectivity index (χ4v) is 4.69. The molecule has 1 aliphatic heterocycles. The van der Waals surface area contributed by atoms with Crippen LogP contribution in [0.2, 0.25) is 0 Å². The van der Waals surface area contributed by atoms with Crippen molar-refractivity contribution in [3.05, 3.63) is 28.2 Å².